The van der Waals surface area contributed by atoms with Crippen LogP contribution in [0.25, 0.3) is 0 Å². The highest BCUT2D eigenvalue weighted by molar-refractivity contribution is 7.92. The first kappa shape index (κ1) is 30.7. The fraction of sp³-hybridized carbons (Fsp3) is 0.355. The second kappa shape index (κ2) is 13.5. The average Bonchev–Trinajstić information content (AvgIpc) is 2.93. The SMILES string of the molecule is CC[C@@H](C(=O)NC(C)C)N(Cc1ccc(OC)cc1)C(=O)CN(c1ccc(C)c(C)c1)S(=O)(=O)c1ccccc1. The van der Waals surface area contributed by atoms with Crippen LogP contribution in [-0.2, 0) is 26.2 Å². The lowest BCUT2D eigenvalue weighted by molar-refractivity contribution is -0.140. The van der Waals surface area contributed by atoms with Gasteiger partial charge in [-0.15, -0.1) is 0 Å². The van der Waals surface area contributed by atoms with Crippen LogP contribution in [-0.4, -0.2) is 50.9 Å². The summed E-state index contributed by atoms with van der Waals surface area (Å²) in [6, 6.07) is 19.7. The molecule has 40 heavy (non-hydrogen) atoms. The minimum Gasteiger partial charge on any atom is -0.497 e. The summed E-state index contributed by atoms with van der Waals surface area (Å²) in [4.78, 5) is 28.9. The molecule has 1 atom stereocenters. The van der Waals surface area contributed by atoms with Crippen molar-refractivity contribution in [1.82, 2.24) is 10.2 Å². The second-order valence-electron chi connectivity index (χ2n) is 10.1. The zero-order valence-corrected chi connectivity index (χ0v) is 24.9. The molecule has 0 bridgehead atoms. The van der Waals surface area contributed by atoms with Gasteiger partial charge in [-0.2, -0.15) is 0 Å². The van der Waals surface area contributed by atoms with Crippen molar-refractivity contribution >= 4 is 27.5 Å². The molecule has 3 rings (SSSR count). The number of carbonyl (C=O) groups is 2. The van der Waals surface area contributed by atoms with E-state index < -0.39 is 28.5 Å². The van der Waals surface area contributed by atoms with Gasteiger partial charge in [0, 0.05) is 12.6 Å². The van der Waals surface area contributed by atoms with E-state index in [-0.39, 0.29) is 23.4 Å². The van der Waals surface area contributed by atoms with E-state index >= 15 is 0 Å². The monoisotopic (exact) mass is 565 g/mol. The van der Waals surface area contributed by atoms with E-state index in [0.717, 1.165) is 21.0 Å². The minimum atomic E-state index is -4.10. The fourth-order valence-corrected chi connectivity index (χ4v) is 5.78. The van der Waals surface area contributed by atoms with Crippen molar-refractivity contribution in [3.63, 3.8) is 0 Å². The number of ether oxygens (including phenoxy) is 1. The van der Waals surface area contributed by atoms with E-state index in [1.165, 1.54) is 17.0 Å². The molecular formula is C31H39N3O5S. The molecule has 0 saturated heterocycles. The smallest absolute Gasteiger partial charge is 0.264 e. The lowest BCUT2D eigenvalue weighted by Gasteiger charge is -2.33. The third-order valence-electron chi connectivity index (χ3n) is 6.72. The Labute approximate surface area is 238 Å². The Hall–Kier alpha value is -3.85. The zero-order valence-electron chi connectivity index (χ0n) is 24.0. The van der Waals surface area contributed by atoms with Gasteiger partial charge in [0.05, 0.1) is 17.7 Å². The number of nitrogens with one attached hydrogen (secondary N) is 1. The van der Waals surface area contributed by atoms with Crippen LogP contribution in [0.15, 0.2) is 77.7 Å². The van der Waals surface area contributed by atoms with Crippen molar-refractivity contribution in [2.75, 3.05) is 18.0 Å². The Kier molecular flexibility index (Phi) is 10.3. The number of nitrogens with zero attached hydrogens (tertiary/aromatic N) is 2. The van der Waals surface area contributed by atoms with Gasteiger partial charge in [0.1, 0.15) is 18.3 Å². The lowest BCUT2D eigenvalue weighted by atomic mass is 10.1. The largest absolute Gasteiger partial charge is 0.497 e. The summed E-state index contributed by atoms with van der Waals surface area (Å²) in [7, 11) is -2.52. The molecule has 0 aromatic heterocycles. The van der Waals surface area contributed by atoms with Gasteiger partial charge in [0.2, 0.25) is 11.8 Å². The molecule has 0 fully saturated rings. The van der Waals surface area contributed by atoms with E-state index in [1.54, 1.807) is 49.6 Å². The zero-order chi connectivity index (χ0) is 29.4. The molecule has 0 heterocycles. The molecule has 0 saturated carbocycles. The fourth-order valence-electron chi connectivity index (χ4n) is 4.36. The van der Waals surface area contributed by atoms with Crippen molar-refractivity contribution in [2.45, 2.75) is 64.6 Å². The molecule has 0 aliphatic carbocycles. The number of aryl methyl sites for hydroxylation is 2. The summed E-state index contributed by atoms with van der Waals surface area (Å²) in [6.45, 7) is 9.03. The third kappa shape index (κ3) is 7.41. The summed E-state index contributed by atoms with van der Waals surface area (Å²) in [5, 5.41) is 2.90. The maximum Gasteiger partial charge on any atom is 0.264 e. The van der Waals surface area contributed by atoms with Crippen molar-refractivity contribution in [3.8, 4) is 5.75 Å². The lowest BCUT2D eigenvalue weighted by Crippen LogP contribution is -2.53. The van der Waals surface area contributed by atoms with Gasteiger partial charge in [-0.05, 0) is 87.2 Å². The minimum absolute atomic E-state index is 0.0762. The standard InChI is InChI=1S/C31H39N3O5S/c1-7-29(31(36)32-22(2)3)33(20-25-14-17-27(39-6)18-15-25)30(35)21-34(26-16-13-23(4)24(5)19-26)40(37,38)28-11-9-8-10-12-28/h8-19,22,29H,7,20-21H2,1-6H3,(H,32,36)/t29-/m0/s1. The Morgan fingerprint density at radius 3 is 2.12 bits per heavy atom. The van der Waals surface area contributed by atoms with Gasteiger partial charge in [0.25, 0.3) is 10.0 Å². The summed E-state index contributed by atoms with van der Waals surface area (Å²) in [5.74, 6) is -0.108. The quantitative estimate of drug-likeness (QED) is 0.339. The number of hydrogen-bond donors (Lipinski definition) is 1. The van der Waals surface area contributed by atoms with Crippen LogP contribution >= 0.6 is 0 Å². The summed E-state index contributed by atoms with van der Waals surface area (Å²) in [5.41, 5.74) is 3.07. The van der Waals surface area contributed by atoms with Crippen LogP contribution in [0.4, 0.5) is 5.69 Å². The van der Waals surface area contributed by atoms with Crippen molar-refractivity contribution < 1.29 is 22.7 Å². The predicted octanol–water partition coefficient (Wildman–Crippen LogP) is 4.84. The number of amides is 2. The number of hydrogen-bond acceptors (Lipinski definition) is 5. The molecule has 0 radical (unpaired) electrons. The van der Waals surface area contributed by atoms with Gasteiger partial charge in [-0.3, -0.25) is 13.9 Å². The molecule has 0 spiro atoms. The van der Waals surface area contributed by atoms with Gasteiger partial charge in [-0.1, -0.05) is 43.3 Å². The normalized spacial score (nSPS) is 12.1. The highest BCUT2D eigenvalue weighted by Gasteiger charge is 2.34. The molecule has 3 aromatic rings. The molecule has 214 valence electrons. The first-order valence-electron chi connectivity index (χ1n) is 13.4. The number of methoxy groups -OCH3 is 1. The van der Waals surface area contributed by atoms with Crippen LogP contribution in [0.5, 0.6) is 5.75 Å². The summed E-state index contributed by atoms with van der Waals surface area (Å²) < 4.78 is 34.2. The molecule has 8 nitrogen and oxygen atoms in total. The van der Waals surface area contributed by atoms with Crippen LogP contribution in [0.3, 0.4) is 0 Å². The van der Waals surface area contributed by atoms with Crippen molar-refractivity contribution in [1.29, 1.82) is 0 Å². The second-order valence-corrected chi connectivity index (χ2v) is 11.9. The Morgan fingerprint density at radius 1 is 0.925 bits per heavy atom. The average molecular weight is 566 g/mol. The number of carbonyl (C=O) groups excluding carboxylic acids is 2. The molecule has 2 amide bonds. The van der Waals surface area contributed by atoms with E-state index in [4.69, 9.17) is 4.74 Å². The van der Waals surface area contributed by atoms with Gasteiger partial charge < -0.3 is 15.0 Å². The molecule has 0 aliphatic rings. The first-order chi connectivity index (χ1) is 19.0. The van der Waals surface area contributed by atoms with E-state index in [2.05, 4.69) is 5.32 Å². The Morgan fingerprint density at radius 2 is 1.57 bits per heavy atom. The van der Waals surface area contributed by atoms with Crippen LogP contribution < -0.4 is 14.4 Å². The molecule has 1 N–H and O–H groups in total. The van der Waals surface area contributed by atoms with E-state index in [9.17, 15) is 18.0 Å². The topological polar surface area (TPSA) is 96.0 Å². The van der Waals surface area contributed by atoms with Crippen LogP contribution in [0.2, 0.25) is 0 Å². The highest BCUT2D eigenvalue weighted by Crippen LogP contribution is 2.27. The molecular weight excluding hydrogens is 526 g/mol. The maximum absolute atomic E-state index is 14.1. The first-order valence-corrected chi connectivity index (χ1v) is 14.8. The van der Waals surface area contributed by atoms with Gasteiger partial charge in [-0.25, -0.2) is 8.42 Å². The summed E-state index contributed by atoms with van der Waals surface area (Å²) in [6.07, 6.45) is 0.357. The molecule has 3 aromatic carbocycles. The maximum atomic E-state index is 14.1. The van der Waals surface area contributed by atoms with Crippen LogP contribution in [0.1, 0.15) is 43.9 Å². The molecule has 0 aliphatic heterocycles. The van der Waals surface area contributed by atoms with Gasteiger partial charge >= 0.3 is 0 Å². The van der Waals surface area contributed by atoms with Crippen molar-refractivity contribution in [3.05, 3.63) is 89.5 Å². The number of rotatable bonds is 12. The van der Waals surface area contributed by atoms with Crippen molar-refractivity contribution in [2.24, 2.45) is 0 Å². The van der Waals surface area contributed by atoms with E-state index in [1.807, 2.05) is 52.8 Å². The summed E-state index contributed by atoms with van der Waals surface area (Å²) >= 11 is 0. The highest BCUT2D eigenvalue weighted by atomic mass is 32.2. The molecule has 0 unspecified atom stereocenters. The number of sulfonamides is 1. The third-order valence-corrected chi connectivity index (χ3v) is 8.51. The Balaban J connectivity index is 2.07. The van der Waals surface area contributed by atoms with Crippen LogP contribution in [0, 0.1) is 13.8 Å². The molecule has 9 heteroatoms. The number of anilines is 1. The van der Waals surface area contributed by atoms with Gasteiger partial charge in [0.15, 0.2) is 0 Å². The number of benzene rings is 3. The van der Waals surface area contributed by atoms with E-state index in [0.29, 0.717) is 17.9 Å². The predicted molar refractivity (Wildman–Crippen MR) is 158 cm³/mol. The Bertz CT molecular complexity index is 1410.